The fourth-order valence-electron chi connectivity index (χ4n) is 3.60. The minimum Gasteiger partial charge on any atom is -0.358 e. The molecule has 0 spiro atoms. The molecule has 1 aliphatic carbocycles. The van der Waals surface area contributed by atoms with Crippen LogP contribution in [0.2, 0.25) is 0 Å². The van der Waals surface area contributed by atoms with Crippen LogP contribution in [-0.2, 0) is 22.9 Å². The van der Waals surface area contributed by atoms with Crippen LogP contribution in [0.5, 0.6) is 0 Å². The topological polar surface area (TPSA) is 62.0 Å². The van der Waals surface area contributed by atoms with Gasteiger partial charge in [-0.1, -0.05) is 12.1 Å². The summed E-state index contributed by atoms with van der Waals surface area (Å²) >= 11 is 0. The third-order valence-corrected chi connectivity index (χ3v) is 6.38. The Morgan fingerprint density at radius 2 is 1.80 bits per heavy atom. The van der Waals surface area contributed by atoms with Crippen LogP contribution in [0.15, 0.2) is 41.3 Å². The molecule has 0 fully saturated rings. The molecule has 4 nitrogen and oxygen atoms in total. The highest BCUT2D eigenvalue weighted by molar-refractivity contribution is 7.92. The van der Waals surface area contributed by atoms with E-state index >= 15 is 0 Å². The van der Waals surface area contributed by atoms with E-state index < -0.39 is 10.0 Å². The van der Waals surface area contributed by atoms with E-state index in [9.17, 15) is 8.42 Å². The molecule has 3 aromatic rings. The lowest BCUT2D eigenvalue weighted by Crippen LogP contribution is -2.14. The zero-order valence-electron chi connectivity index (χ0n) is 14.5. The summed E-state index contributed by atoms with van der Waals surface area (Å²) in [5.74, 6) is 0. The second-order valence-corrected chi connectivity index (χ2v) is 8.60. The van der Waals surface area contributed by atoms with Gasteiger partial charge in [-0.15, -0.1) is 0 Å². The number of H-pyrrole nitrogens is 1. The van der Waals surface area contributed by atoms with E-state index in [0.717, 1.165) is 41.3 Å². The fourth-order valence-corrected chi connectivity index (χ4v) is 4.75. The van der Waals surface area contributed by atoms with Crippen molar-refractivity contribution in [2.24, 2.45) is 0 Å². The maximum atomic E-state index is 12.9. The molecular weight excluding hydrogens is 332 g/mol. The second-order valence-electron chi connectivity index (χ2n) is 6.92. The van der Waals surface area contributed by atoms with Gasteiger partial charge < -0.3 is 4.98 Å². The molecule has 4 rings (SSSR count). The standard InChI is InChI=1S/C20H22N2O2S/c1-13-7-8-14(2)20(11-13)22-25(23,24)15-9-10-19-17(12-15)16-5-3-4-6-18(16)21-19/h7-12,21-22H,3-6H2,1-2H3. The molecule has 1 aromatic heterocycles. The molecule has 25 heavy (non-hydrogen) atoms. The van der Waals surface area contributed by atoms with E-state index in [0.29, 0.717) is 10.6 Å². The molecule has 1 heterocycles. The molecule has 0 amide bonds. The average molecular weight is 354 g/mol. The summed E-state index contributed by atoms with van der Waals surface area (Å²) in [6.45, 7) is 3.86. The summed E-state index contributed by atoms with van der Waals surface area (Å²) in [6.07, 6.45) is 4.42. The molecule has 2 aromatic carbocycles. The first-order chi connectivity index (χ1) is 11.9. The van der Waals surface area contributed by atoms with Gasteiger partial charge in [-0.05, 0) is 80.5 Å². The summed E-state index contributed by atoms with van der Waals surface area (Å²) in [5.41, 5.74) is 6.14. The first-order valence-corrected chi connectivity index (χ1v) is 10.2. The highest BCUT2D eigenvalue weighted by Gasteiger charge is 2.20. The zero-order valence-corrected chi connectivity index (χ0v) is 15.3. The number of rotatable bonds is 3. The summed E-state index contributed by atoms with van der Waals surface area (Å²) < 4.78 is 28.5. The molecule has 1 aliphatic rings. The Hall–Kier alpha value is -2.27. The van der Waals surface area contributed by atoms with Crippen LogP contribution in [0.25, 0.3) is 10.9 Å². The average Bonchev–Trinajstić information content (AvgIpc) is 2.96. The van der Waals surface area contributed by atoms with Crippen LogP contribution in [0, 0.1) is 13.8 Å². The Balaban J connectivity index is 1.76. The van der Waals surface area contributed by atoms with Crippen LogP contribution >= 0.6 is 0 Å². The number of fused-ring (bicyclic) bond motifs is 3. The SMILES string of the molecule is Cc1ccc(C)c(NS(=O)(=O)c2ccc3[nH]c4c(c3c2)CCCC4)c1. The lowest BCUT2D eigenvalue weighted by atomic mass is 9.96. The summed E-state index contributed by atoms with van der Waals surface area (Å²) in [7, 11) is -3.61. The molecule has 0 bridgehead atoms. The molecule has 0 aliphatic heterocycles. The summed E-state index contributed by atoms with van der Waals surface area (Å²) in [4.78, 5) is 3.76. The number of aromatic amines is 1. The monoisotopic (exact) mass is 354 g/mol. The normalized spacial score (nSPS) is 14.5. The van der Waals surface area contributed by atoms with Crippen LogP contribution in [0.3, 0.4) is 0 Å². The quantitative estimate of drug-likeness (QED) is 0.729. The fraction of sp³-hybridized carbons (Fsp3) is 0.300. The Morgan fingerprint density at radius 3 is 2.64 bits per heavy atom. The van der Waals surface area contributed by atoms with E-state index in [1.165, 1.54) is 17.7 Å². The van der Waals surface area contributed by atoms with Crippen LogP contribution in [0.4, 0.5) is 5.69 Å². The van der Waals surface area contributed by atoms with E-state index in [2.05, 4.69) is 9.71 Å². The van der Waals surface area contributed by atoms with Crippen LogP contribution in [0.1, 0.15) is 35.2 Å². The molecule has 0 saturated carbocycles. The Bertz CT molecular complexity index is 1060. The van der Waals surface area contributed by atoms with E-state index in [1.807, 2.05) is 44.2 Å². The summed E-state index contributed by atoms with van der Waals surface area (Å²) in [5, 5.41) is 1.04. The van der Waals surface area contributed by atoms with Crippen molar-refractivity contribution in [3.05, 3.63) is 58.8 Å². The van der Waals surface area contributed by atoms with Crippen LogP contribution < -0.4 is 4.72 Å². The van der Waals surface area contributed by atoms with Gasteiger partial charge in [-0.25, -0.2) is 8.42 Å². The highest BCUT2D eigenvalue weighted by Crippen LogP contribution is 2.31. The minimum atomic E-state index is -3.61. The van der Waals surface area contributed by atoms with Gasteiger partial charge in [0.2, 0.25) is 0 Å². The predicted molar refractivity (Wildman–Crippen MR) is 102 cm³/mol. The van der Waals surface area contributed by atoms with Crippen molar-refractivity contribution in [3.8, 4) is 0 Å². The molecule has 0 radical (unpaired) electrons. The molecule has 5 heteroatoms. The lowest BCUT2D eigenvalue weighted by Gasteiger charge is -2.12. The van der Waals surface area contributed by atoms with Gasteiger partial charge in [0.25, 0.3) is 10.0 Å². The first kappa shape index (κ1) is 16.2. The van der Waals surface area contributed by atoms with Crippen molar-refractivity contribution in [1.82, 2.24) is 4.98 Å². The Morgan fingerprint density at radius 1 is 1.00 bits per heavy atom. The predicted octanol–water partition coefficient (Wildman–Crippen LogP) is 4.46. The van der Waals surface area contributed by atoms with Crippen molar-refractivity contribution in [3.63, 3.8) is 0 Å². The minimum absolute atomic E-state index is 0.313. The molecular formula is C20H22N2O2S. The Kier molecular flexibility index (Phi) is 3.84. The number of aryl methyl sites for hydroxylation is 4. The second kappa shape index (κ2) is 5.92. The summed E-state index contributed by atoms with van der Waals surface area (Å²) in [6, 6.07) is 11.1. The van der Waals surface area contributed by atoms with Gasteiger partial charge in [-0.2, -0.15) is 0 Å². The maximum Gasteiger partial charge on any atom is 0.261 e. The number of anilines is 1. The van der Waals surface area contributed by atoms with Crippen molar-refractivity contribution in [2.45, 2.75) is 44.4 Å². The van der Waals surface area contributed by atoms with Gasteiger partial charge >= 0.3 is 0 Å². The third-order valence-electron chi connectivity index (χ3n) is 5.02. The largest absolute Gasteiger partial charge is 0.358 e. The van der Waals surface area contributed by atoms with Crippen molar-refractivity contribution < 1.29 is 8.42 Å². The number of nitrogens with one attached hydrogen (secondary N) is 2. The third kappa shape index (κ3) is 2.93. The number of hydrogen-bond donors (Lipinski definition) is 2. The number of aromatic nitrogens is 1. The van der Waals surface area contributed by atoms with Gasteiger partial charge in [0.1, 0.15) is 0 Å². The molecule has 0 atom stereocenters. The van der Waals surface area contributed by atoms with Crippen molar-refractivity contribution in [2.75, 3.05) is 4.72 Å². The number of benzene rings is 2. The van der Waals surface area contributed by atoms with E-state index in [4.69, 9.17) is 0 Å². The van der Waals surface area contributed by atoms with E-state index in [1.54, 1.807) is 6.07 Å². The van der Waals surface area contributed by atoms with Gasteiger partial charge in [0.15, 0.2) is 0 Å². The van der Waals surface area contributed by atoms with Crippen molar-refractivity contribution >= 4 is 26.6 Å². The molecule has 130 valence electrons. The highest BCUT2D eigenvalue weighted by atomic mass is 32.2. The Labute approximate surface area is 148 Å². The van der Waals surface area contributed by atoms with Crippen molar-refractivity contribution in [1.29, 1.82) is 0 Å². The van der Waals surface area contributed by atoms with Gasteiger partial charge in [-0.3, -0.25) is 4.72 Å². The van der Waals surface area contributed by atoms with Crippen LogP contribution in [-0.4, -0.2) is 13.4 Å². The molecule has 0 saturated heterocycles. The van der Waals surface area contributed by atoms with Gasteiger partial charge in [0.05, 0.1) is 10.6 Å². The smallest absolute Gasteiger partial charge is 0.261 e. The number of hydrogen-bond acceptors (Lipinski definition) is 2. The zero-order chi connectivity index (χ0) is 17.6. The van der Waals surface area contributed by atoms with Gasteiger partial charge in [0, 0.05) is 16.6 Å². The molecule has 2 N–H and O–H groups in total. The lowest BCUT2D eigenvalue weighted by molar-refractivity contribution is 0.601. The maximum absolute atomic E-state index is 12.9. The first-order valence-electron chi connectivity index (χ1n) is 8.67. The number of sulfonamides is 1. The molecule has 0 unspecified atom stereocenters. The van der Waals surface area contributed by atoms with E-state index in [-0.39, 0.29) is 0 Å².